The smallest absolute Gasteiger partial charge is 0.323 e. The number of carbonyl (C=O) groups is 2. The predicted octanol–water partition coefficient (Wildman–Crippen LogP) is 3.31. The number of nitrogens with one attached hydrogen (secondary N) is 3. The minimum absolute atomic E-state index is 0.107. The van der Waals surface area contributed by atoms with Gasteiger partial charge in [-0.05, 0) is 51.3 Å². The first kappa shape index (κ1) is 17.0. The first-order valence-electron chi connectivity index (χ1n) is 8.46. The molecule has 2 aromatic rings. The molecule has 7 nitrogen and oxygen atoms in total. The molecule has 3 N–H and O–H groups in total. The molecule has 0 atom stereocenters. The lowest BCUT2D eigenvalue weighted by atomic mass is 10.1. The van der Waals surface area contributed by atoms with Gasteiger partial charge in [0.15, 0.2) is 0 Å². The summed E-state index contributed by atoms with van der Waals surface area (Å²) in [4.78, 5) is 24.4. The normalized spacial score (nSPS) is 13.6. The van der Waals surface area contributed by atoms with E-state index < -0.39 is 0 Å². The van der Waals surface area contributed by atoms with Crippen molar-refractivity contribution in [2.75, 3.05) is 10.6 Å². The molecule has 3 amide bonds. The number of rotatable bonds is 5. The van der Waals surface area contributed by atoms with Gasteiger partial charge in [0, 0.05) is 29.5 Å². The Bertz CT molecular complexity index is 793. The van der Waals surface area contributed by atoms with E-state index in [9.17, 15) is 9.59 Å². The van der Waals surface area contributed by atoms with Gasteiger partial charge in [0.25, 0.3) is 5.91 Å². The first-order valence-corrected chi connectivity index (χ1v) is 8.46. The number of urea groups is 1. The molecule has 1 saturated carbocycles. The van der Waals surface area contributed by atoms with Gasteiger partial charge in [-0.2, -0.15) is 5.10 Å². The number of benzene rings is 1. The van der Waals surface area contributed by atoms with Gasteiger partial charge in [0.2, 0.25) is 0 Å². The van der Waals surface area contributed by atoms with E-state index in [0.717, 1.165) is 18.4 Å². The monoisotopic (exact) mass is 341 g/mol. The number of hydrogen-bond donors (Lipinski definition) is 3. The second-order valence-electron chi connectivity index (χ2n) is 6.66. The molecule has 132 valence electrons. The van der Waals surface area contributed by atoms with Gasteiger partial charge >= 0.3 is 6.03 Å². The molecule has 1 fully saturated rings. The van der Waals surface area contributed by atoms with Gasteiger partial charge in [0.05, 0.1) is 11.9 Å². The van der Waals surface area contributed by atoms with Crippen molar-refractivity contribution in [3.05, 3.63) is 41.7 Å². The van der Waals surface area contributed by atoms with Crippen LogP contribution in [0.15, 0.2) is 30.6 Å². The molecular formula is C18H23N5O2. The zero-order chi connectivity index (χ0) is 18.0. The van der Waals surface area contributed by atoms with Gasteiger partial charge in [-0.3, -0.25) is 9.48 Å². The van der Waals surface area contributed by atoms with Crippen LogP contribution in [-0.4, -0.2) is 27.8 Å². The van der Waals surface area contributed by atoms with E-state index in [0.29, 0.717) is 23.0 Å². The SMILES string of the molecule is Cc1ccc(C(=O)NC2CC2)cc1NC(=O)Nc1cnn(C(C)C)c1. The quantitative estimate of drug-likeness (QED) is 0.779. The fraction of sp³-hybridized carbons (Fsp3) is 0.389. The van der Waals surface area contributed by atoms with Crippen molar-refractivity contribution in [2.24, 2.45) is 0 Å². The molecule has 1 aromatic carbocycles. The molecule has 1 heterocycles. The van der Waals surface area contributed by atoms with Crippen LogP contribution < -0.4 is 16.0 Å². The maximum absolute atomic E-state index is 12.2. The third kappa shape index (κ3) is 4.37. The van der Waals surface area contributed by atoms with Crippen molar-refractivity contribution in [3.8, 4) is 0 Å². The Hall–Kier alpha value is -2.83. The summed E-state index contributed by atoms with van der Waals surface area (Å²) in [6.07, 6.45) is 5.45. The lowest BCUT2D eigenvalue weighted by molar-refractivity contribution is 0.0951. The molecule has 25 heavy (non-hydrogen) atoms. The Kier molecular flexibility index (Phi) is 4.74. The van der Waals surface area contributed by atoms with Crippen LogP contribution in [-0.2, 0) is 0 Å². The number of nitrogens with zero attached hydrogens (tertiary/aromatic N) is 2. The molecule has 0 saturated heterocycles. The molecule has 0 radical (unpaired) electrons. The number of hydrogen-bond acceptors (Lipinski definition) is 3. The van der Waals surface area contributed by atoms with Gasteiger partial charge in [-0.25, -0.2) is 4.79 Å². The highest BCUT2D eigenvalue weighted by Gasteiger charge is 2.24. The Balaban J connectivity index is 1.65. The summed E-state index contributed by atoms with van der Waals surface area (Å²) in [5.74, 6) is -0.107. The van der Waals surface area contributed by atoms with Gasteiger partial charge in [0.1, 0.15) is 0 Å². The maximum atomic E-state index is 12.2. The van der Waals surface area contributed by atoms with Crippen molar-refractivity contribution >= 4 is 23.3 Å². The summed E-state index contributed by atoms with van der Waals surface area (Å²) in [5, 5.41) is 12.7. The average Bonchev–Trinajstić information content (AvgIpc) is 3.24. The molecular weight excluding hydrogens is 318 g/mol. The largest absolute Gasteiger partial charge is 0.349 e. The van der Waals surface area contributed by atoms with E-state index in [1.54, 1.807) is 29.2 Å². The third-order valence-corrected chi connectivity index (χ3v) is 4.05. The third-order valence-electron chi connectivity index (χ3n) is 4.05. The van der Waals surface area contributed by atoms with E-state index >= 15 is 0 Å². The molecule has 0 unspecified atom stereocenters. The highest BCUT2D eigenvalue weighted by molar-refractivity contribution is 6.02. The van der Waals surface area contributed by atoms with Crippen molar-refractivity contribution < 1.29 is 9.59 Å². The fourth-order valence-corrected chi connectivity index (χ4v) is 2.36. The van der Waals surface area contributed by atoms with E-state index in [-0.39, 0.29) is 18.0 Å². The van der Waals surface area contributed by atoms with Crippen LogP contribution in [0.5, 0.6) is 0 Å². The lowest BCUT2D eigenvalue weighted by Crippen LogP contribution is -2.26. The second-order valence-corrected chi connectivity index (χ2v) is 6.66. The Labute approximate surface area is 146 Å². The summed E-state index contributed by atoms with van der Waals surface area (Å²) in [6, 6.07) is 5.45. The number of aryl methyl sites for hydroxylation is 1. The summed E-state index contributed by atoms with van der Waals surface area (Å²) < 4.78 is 1.77. The van der Waals surface area contributed by atoms with Crippen molar-refractivity contribution in [1.29, 1.82) is 0 Å². The van der Waals surface area contributed by atoms with E-state index in [2.05, 4.69) is 21.0 Å². The molecule has 1 aromatic heterocycles. The molecule has 3 rings (SSSR count). The van der Waals surface area contributed by atoms with E-state index in [1.165, 1.54) is 0 Å². The van der Waals surface area contributed by atoms with Crippen LogP contribution in [0.4, 0.5) is 16.2 Å². The van der Waals surface area contributed by atoms with Crippen LogP contribution >= 0.6 is 0 Å². The highest BCUT2D eigenvalue weighted by atomic mass is 16.2. The standard InChI is InChI=1S/C18H23N5O2/c1-11(2)23-10-15(9-19-23)21-18(25)22-16-8-13(5-4-12(16)3)17(24)20-14-6-7-14/h4-5,8-11,14H,6-7H2,1-3H3,(H,20,24)(H2,21,22,25). The second kappa shape index (κ2) is 6.96. The first-order chi connectivity index (χ1) is 11.9. The molecule has 0 bridgehead atoms. The number of carbonyl (C=O) groups excluding carboxylic acids is 2. The number of aromatic nitrogens is 2. The van der Waals surface area contributed by atoms with Crippen molar-refractivity contribution in [2.45, 2.75) is 45.7 Å². The summed E-state index contributed by atoms with van der Waals surface area (Å²) in [6.45, 7) is 5.91. The average molecular weight is 341 g/mol. The zero-order valence-electron chi connectivity index (χ0n) is 14.7. The molecule has 7 heteroatoms. The summed E-state index contributed by atoms with van der Waals surface area (Å²) in [7, 11) is 0. The van der Waals surface area contributed by atoms with Crippen LogP contribution in [0.25, 0.3) is 0 Å². The molecule has 0 spiro atoms. The number of amides is 3. The fourth-order valence-electron chi connectivity index (χ4n) is 2.36. The van der Waals surface area contributed by atoms with Crippen LogP contribution in [0, 0.1) is 6.92 Å². The topological polar surface area (TPSA) is 88.1 Å². The molecule has 0 aliphatic heterocycles. The van der Waals surface area contributed by atoms with Gasteiger partial charge < -0.3 is 16.0 Å². The van der Waals surface area contributed by atoms with Crippen LogP contribution in [0.3, 0.4) is 0 Å². The Morgan fingerprint density at radius 2 is 2.00 bits per heavy atom. The Morgan fingerprint density at radius 1 is 1.24 bits per heavy atom. The Morgan fingerprint density at radius 3 is 2.64 bits per heavy atom. The summed E-state index contributed by atoms with van der Waals surface area (Å²) >= 11 is 0. The maximum Gasteiger partial charge on any atom is 0.323 e. The van der Waals surface area contributed by atoms with Crippen molar-refractivity contribution in [3.63, 3.8) is 0 Å². The van der Waals surface area contributed by atoms with Crippen LogP contribution in [0.2, 0.25) is 0 Å². The minimum Gasteiger partial charge on any atom is -0.349 e. The van der Waals surface area contributed by atoms with Crippen LogP contribution in [0.1, 0.15) is 48.7 Å². The molecule has 1 aliphatic rings. The zero-order valence-corrected chi connectivity index (χ0v) is 14.7. The van der Waals surface area contributed by atoms with Crippen molar-refractivity contribution in [1.82, 2.24) is 15.1 Å². The van der Waals surface area contributed by atoms with Gasteiger partial charge in [-0.1, -0.05) is 6.07 Å². The van der Waals surface area contributed by atoms with E-state index in [4.69, 9.17) is 0 Å². The minimum atomic E-state index is -0.369. The predicted molar refractivity (Wildman–Crippen MR) is 96.9 cm³/mol. The number of anilines is 2. The highest BCUT2D eigenvalue weighted by Crippen LogP contribution is 2.21. The van der Waals surface area contributed by atoms with E-state index in [1.807, 2.05) is 26.8 Å². The van der Waals surface area contributed by atoms with Gasteiger partial charge in [-0.15, -0.1) is 0 Å². The lowest BCUT2D eigenvalue weighted by Gasteiger charge is -2.11. The molecule has 1 aliphatic carbocycles. The summed E-state index contributed by atoms with van der Waals surface area (Å²) in [5.41, 5.74) is 2.65.